The fourth-order valence-electron chi connectivity index (χ4n) is 4.33. The van der Waals surface area contributed by atoms with Gasteiger partial charge in [-0.2, -0.15) is 8.78 Å². The molecule has 40 heavy (non-hydrogen) atoms. The average Bonchev–Trinajstić information content (AvgIpc) is 2.88. The molecule has 0 unspecified atom stereocenters. The van der Waals surface area contributed by atoms with Gasteiger partial charge in [-0.3, -0.25) is 0 Å². The minimum Gasteiger partial charge on any atom is -0.491 e. The molecule has 0 bridgehead atoms. The van der Waals surface area contributed by atoms with Crippen LogP contribution in [0.15, 0.2) is 48.7 Å². The average molecular weight is 556 g/mol. The molecular formula is C29H32F3N5O3. The molecule has 0 radical (unpaired) electrons. The van der Waals surface area contributed by atoms with Crippen molar-refractivity contribution in [3.63, 3.8) is 0 Å². The van der Waals surface area contributed by atoms with Crippen LogP contribution < -0.4 is 15.8 Å². The summed E-state index contributed by atoms with van der Waals surface area (Å²) in [6, 6.07) is 10.1. The van der Waals surface area contributed by atoms with E-state index in [9.17, 15) is 13.9 Å². The van der Waals surface area contributed by atoms with Gasteiger partial charge in [-0.1, -0.05) is 12.1 Å². The first-order chi connectivity index (χ1) is 18.8. The van der Waals surface area contributed by atoms with E-state index in [-0.39, 0.29) is 12.2 Å². The summed E-state index contributed by atoms with van der Waals surface area (Å²) in [5, 5.41) is 13.7. The smallest absolute Gasteiger partial charge is 0.303 e. The summed E-state index contributed by atoms with van der Waals surface area (Å²) in [6.07, 6.45) is 1.59. The zero-order chi connectivity index (χ0) is 29.2. The van der Waals surface area contributed by atoms with Gasteiger partial charge in [0.05, 0.1) is 23.7 Å². The second-order valence-corrected chi connectivity index (χ2v) is 9.97. The molecule has 0 saturated heterocycles. The molecule has 0 saturated carbocycles. The zero-order valence-electron chi connectivity index (χ0n) is 22.9. The van der Waals surface area contributed by atoms with Crippen LogP contribution in [0.4, 0.5) is 24.8 Å². The van der Waals surface area contributed by atoms with Crippen molar-refractivity contribution < 1.29 is 27.8 Å². The summed E-state index contributed by atoms with van der Waals surface area (Å²) < 4.78 is 56.3. The summed E-state index contributed by atoms with van der Waals surface area (Å²) in [5.74, 6) is -3.34. The van der Waals surface area contributed by atoms with Crippen LogP contribution in [0.25, 0.3) is 22.0 Å². The minimum atomic E-state index is -3.82. The van der Waals surface area contributed by atoms with Crippen molar-refractivity contribution in [3.8, 4) is 16.9 Å². The fraction of sp³-hybridized carbons (Fsp3) is 0.345. The Kier molecular flexibility index (Phi) is 8.18. The Balaban J connectivity index is 1.80. The first kappa shape index (κ1) is 29.0. The van der Waals surface area contributed by atoms with E-state index in [0.29, 0.717) is 51.8 Å². The molecule has 0 spiro atoms. The van der Waals surface area contributed by atoms with Crippen molar-refractivity contribution in [2.24, 2.45) is 0 Å². The highest BCUT2D eigenvalue weighted by atomic mass is 19.3. The Bertz CT molecular complexity index is 1530. The predicted molar refractivity (Wildman–Crippen MR) is 148 cm³/mol. The number of anilines is 2. The number of aliphatic hydroxyl groups is 1. The van der Waals surface area contributed by atoms with Gasteiger partial charge in [-0.15, -0.1) is 0 Å². The van der Waals surface area contributed by atoms with Crippen LogP contribution in [-0.2, 0) is 10.7 Å². The lowest BCUT2D eigenvalue weighted by atomic mass is 9.91. The third-order valence-corrected chi connectivity index (χ3v) is 6.54. The van der Waals surface area contributed by atoms with Gasteiger partial charge in [0.25, 0.3) is 0 Å². The topological polar surface area (TPSA) is 115 Å². The van der Waals surface area contributed by atoms with Crippen LogP contribution in [-0.4, -0.2) is 46.0 Å². The number of fused-ring (bicyclic) bond motifs is 1. The van der Waals surface area contributed by atoms with Crippen molar-refractivity contribution in [3.05, 3.63) is 71.4 Å². The minimum absolute atomic E-state index is 0.0119. The molecule has 4 rings (SSSR count). The standard InChI is InChI=1S/C29H32F3N5O3/c1-16(18-8-6-10-22(25(18)30)29(31,32)28(3,4)38)35-27-21-15-24(40-13-12-39-5)20(14-23(21)36-17(2)37-27)19-9-7-11-34-26(19)33/h6-11,14-16,38H,12-13H2,1-5H3,(H2,33,34)(H,35,36,37)/t16-/m1/s1. The molecule has 11 heteroatoms. The number of rotatable bonds is 10. The van der Waals surface area contributed by atoms with Gasteiger partial charge in [0, 0.05) is 35.4 Å². The van der Waals surface area contributed by atoms with Crippen molar-refractivity contribution >= 4 is 22.5 Å². The fourth-order valence-corrected chi connectivity index (χ4v) is 4.33. The van der Waals surface area contributed by atoms with Crippen LogP contribution >= 0.6 is 0 Å². The number of aryl methyl sites for hydroxylation is 1. The number of hydrogen-bond donors (Lipinski definition) is 3. The molecule has 0 fully saturated rings. The van der Waals surface area contributed by atoms with E-state index in [1.54, 1.807) is 45.4 Å². The van der Waals surface area contributed by atoms with E-state index in [4.69, 9.17) is 15.2 Å². The summed E-state index contributed by atoms with van der Waals surface area (Å²) >= 11 is 0. The summed E-state index contributed by atoms with van der Waals surface area (Å²) in [4.78, 5) is 13.3. The monoisotopic (exact) mass is 555 g/mol. The van der Waals surface area contributed by atoms with Crippen LogP contribution in [0, 0.1) is 12.7 Å². The Labute approximate surface area is 230 Å². The number of hydrogen-bond acceptors (Lipinski definition) is 8. The van der Waals surface area contributed by atoms with Gasteiger partial charge in [0.15, 0.2) is 0 Å². The Hall–Kier alpha value is -3.96. The number of benzene rings is 2. The predicted octanol–water partition coefficient (Wildman–Crippen LogP) is 5.78. The van der Waals surface area contributed by atoms with E-state index in [1.807, 2.05) is 6.07 Å². The number of nitrogen functional groups attached to an aromatic ring is 1. The number of ether oxygens (including phenoxy) is 2. The van der Waals surface area contributed by atoms with Crippen LogP contribution in [0.5, 0.6) is 5.75 Å². The Morgan fingerprint density at radius 3 is 2.50 bits per heavy atom. The molecule has 2 aromatic carbocycles. The van der Waals surface area contributed by atoms with Gasteiger partial charge in [-0.05, 0) is 58.0 Å². The van der Waals surface area contributed by atoms with E-state index in [2.05, 4.69) is 20.3 Å². The molecule has 2 aromatic heterocycles. The SMILES string of the molecule is COCCOc1cc2c(N[C@H](C)c3cccc(C(F)(F)C(C)(C)O)c3F)nc(C)nc2cc1-c1cccnc1N. The van der Waals surface area contributed by atoms with Gasteiger partial charge in [0.1, 0.15) is 41.2 Å². The highest BCUT2D eigenvalue weighted by Crippen LogP contribution is 2.42. The lowest BCUT2D eigenvalue weighted by Crippen LogP contribution is -2.41. The number of halogens is 3. The van der Waals surface area contributed by atoms with Crippen molar-refractivity contribution in [1.82, 2.24) is 15.0 Å². The Morgan fingerprint density at radius 2 is 1.82 bits per heavy atom. The van der Waals surface area contributed by atoms with E-state index >= 15 is 4.39 Å². The summed E-state index contributed by atoms with van der Waals surface area (Å²) in [6.45, 7) is 5.83. The maximum absolute atomic E-state index is 15.4. The third-order valence-electron chi connectivity index (χ3n) is 6.54. The second kappa shape index (κ2) is 11.3. The number of nitrogens with zero attached hydrogens (tertiary/aromatic N) is 3. The van der Waals surface area contributed by atoms with E-state index < -0.39 is 28.9 Å². The van der Waals surface area contributed by atoms with Gasteiger partial charge in [0.2, 0.25) is 0 Å². The maximum atomic E-state index is 15.4. The summed E-state index contributed by atoms with van der Waals surface area (Å²) in [5.41, 5.74) is 4.67. The lowest BCUT2D eigenvalue weighted by molar-refractivity contribution is -0.170. The first-order valence-corrected chi connectivity index (χ1v) is 12.7. The highest BCUT2D eigenvalue weighted by molar-refractivity contribution is 5.96. The molecule has 0 amide bonds. The molecule has 1 atom stereocenters. The number of nitrogens with two attached hydrogens (primary N) is 1. The Morgan fingerprint density at radius 1 is 1.07 bits per heavy atom. The number of methoxy groups -OCH3 is 1. The van der Waals surface area contributed by atoms with E-state index in [1.165, 1.54) is 12.1 Å². The van der Waals surface area contributed by atoms with Crippen LogP contribution in [0.1, 0.15) is 43.8 Å². The molecular weight excluding hydrogens is 523 g/mol. The highest BCUT2D eigenvalue weighted by Gasteiger charge is 2.49. The zero-order valence-corrected chi connectivity index (χ0v) is 22.9. The molecule has 0 aliphatic heterocycles. The third kappa shape index (κ3) is 5.66. The molecule has 212 valence electrons. The molecule has 4 N–H and O–H groups in total. The normalized spacial score (nSPS) is 12.9. The van der Waals surface area contributed by atoms with Gasteiger partial charge < -0.3 is 25.6 Å². The van der Waals surface area contributed by atoms with Gasteiger partial charge in [-0.25, -0.2) is 19.3 Å². The number of aromatic nitrogens is 3. The van der Waals surface area contributed by atoms with Crippen LogP contribution in [0.2, 0.25) is 0 Å². The molecule has 2 heterocycles. The van der Waals surface area contributed by atoms with E-state index in [0.717, 1.165) is 19.9 Å². The van der Waals surface area contributed by atoms with Crippen molar-refractivity contribution in [2.75, 3.05) is 31.4 Å². The molecule has 0 aliphatic rings. The second-order valence-electron chi connectivity index (χ2n) is 9.97. The number of alkyl halides is 2. The summed E-state index contributed by atoms with van der Waals surface area (Å²) in [7, 11) is 1.56. The lowest BCUT2D eigenvalue weighted by Gasteiger charge is -2.30. The first-order valence-electron chi connectivity index (χ1n) is 12.7. The largest absolute Gasteiger partial charge is 0.491 e. The quantitative estimate of drug-likeness (QED) is 0.211. The maximum Gasteiger partial charge on any atom is 0.303 e. The molecule has 0 aliphatic carbocycles. The number of pyridine rings is 1. The molecule has 8 nitrogen and oxygen atoms in total. The van der Waals surface area contributed by atoms with Crippen LogP contribution in [0.3, 0.4) is 0 Å². The molecule has 4 aromatic rings. The van der Waals surface area contributed by atoms with Crippen molar-refractivity contribution in [2.45, 2.75) is 45.3 Å². The van der Waals surface area contributed by atoms with Crippen molar-refractivity contribution in [1.29, 1.82) is 0 Å². The van der Waals surface area contributed by atoms with Gasteiger partial charge >= 0.3 is 5.92 Å². The number of nitrogens with one attached hydrogen (secondary N) is 1.